The molecule has 1 atom stereocenters. The number of hydrogen-bond donors (Lipinski definition) is 1. The molecule has 0 radical (unpaired) electrons. The molecule has 1 unspecified atom stereocenters. The molecule has 1 aromatic carbocycles. The summed E-state index contributed by atoms with van der Waals surface area (Å²) in [5.41, 5.74) is 0.602. The monoisotopic (exact) mass is 197 g/mol. The van der Waals surface area contributed by atoms with Gasteiger partial charge in [0.05, 0.1) is 0 Å². The van der Waals surface area contributed by atoms with E-state index in [0.29, 0.717) is 12.0 Å². The van der Waals surface area contributed by atoms with Gasteiger partial charge in [0.2, 0.25) is 0 Å². The van der Waals surface area contributed by atoms with Crippen LogP contribution in [0.15, 0.2) is 30.9 Å². The van der Waals surface area contributed by atoms with E-state index in [1.54, 1.807) is 13.1 Å². The van der Waals surface area contributed by atoms with E-state index in [1.807, 2.05) is 0 Å². The van der Waals surface area contributed by atoms with Gasteiger partial charge in [0.25, 0.3) is 0 Å². The number of halogens is 2. The van der Waals surface area contributed by atoms with E-state index in [-0.39, 0.29) is 6.04 Å². The Morgan fingerprint density at radius 3 is 2.36 bits per heavy atom. The third kappa shape index (κ3) is 2.64. The average molecular weight is 197 g/mol. The van der Waals surface area contributed by atoms with Crippen molar-refractivity contribution in [2.75, 3.05) is 7.05 Å². The van der Waals surface area contributed by atoms with Crippen molar-refractivity contribution >= 4 is 0 Å². The van der Waals surface area contributed by atoms with Gasteiger partial charge in [-0.1, -0.05) is 6.08 Å². The van der Waals surface area contributed by atoms with Gasteiger partial charge in [-0.05, 0) is 31.2 Å². The Bertz CT molecular complexity index is 303. The summed E-state index contributed by atoms with van der Waals surface area (Å²) in [6.45, 7) is 3.59. The van der Waals surface area contributed by atoms with Gasteiger partial charge >= 0.3 is 0 Å². The summed E-state index contributed by atoms with van der Waals surface area (Å²) in [6.07, 6.45) is 2.35. The smallest absolute Gasteiger partial charge is 0.126 e. The number of hydrogen-bond acceptors (Lipinski definition) is 1. The number of nitrogens with one attached hydrogen (secondary N) is 1. The average Bonchev–Trinajstić information content (AvgIpc) is 2.12. The summed E-state index contributed by atoms with van der Waals surface area (Å²) < 4.78 is 25.7. The molecule has 1 aromatic rings. The van der Waals surface area contributed by atoms with Gasteiger partial charge in [-0.25, -0.2) is 8.78 Å². The third-order valence-corrected chi connectivity index (χ3v) is 2.04. The molecule has 1 rings (SSSR count). The first kappa shape index (κ1) is 10.9. The topological polar surface area (TPSA) is 12.0 Å². The van der Waals surface area contributed by atoms with Crippen molar-refractivity contribution in [2.24, 2.45) is 0 Å². The van der Waals surface area contributed by atoms with Gasteiger partial charge < -0.3 is 5.32 Å². The predicted molar refractivity (Wildman–Crippen MR) is 53.0 cm³/mol. The maximum absolute atomic E-state index is 12.9. The molecular weight excluding hydrogens is 184 g/mol. The van der Waals surface area contributed by atoms with Crippen LogP contribution < -0.4 is 5.32 Å². The lowest BCUT2D eigenvalue weighted by Crippen LogP contribution is -2.15. The number of rotatable bonds is 4. The van der Waals surface area contributed by atoms with Crippen molar-refractivity contribution in [3.63, 3.8) is 0 Å². The van der Waals surface area contributed by atoms with Crippen LogP contribution in [0.4, 0.5) is 8.78 Å². The summed E-state index contributed by atoms with van der Waals surface area (Å²) in [7, 11) is 1.75. The maximum Gasteiger partial charge on any atom is 0.126 e. The van der Waals surface area contributed by atoms with Gasteiger partial charge in [-0.2, -0.15) is 0 Å². The Morgan fingerprint density at radius 2 is 1.93 bits per heavy atom. The fourth-order valence-electron chi connectivity index (χ4n) is 1.36. The van der Waals surface area contributed by atoms with Crippen LogP contribution >= 0.6 is 0 Å². The molecule has 1 N–H and O–H groups in total. The van der Waals surface area contributed by atoms with E-state index >= 15 is 0 Å². The molecule has 0 saturated heterocycles. The minimum atomic E-state index is -0.552. The molecule has 1 nitrogen and oxygen atoms in total. The van der Waals surface area contributed by atoms with Crippen LogP contribution in [0.1, 0.15) is 18.0 Å². The first-order valence-electron chi connectivity index (χ1n) is 4.41. The zero-order chi connectivity index (χ0) is 10.6. The lowest BCUT2D eigenvalue weighted by Gasteiger charge is -2.14. The molecule has 0 aliphatic rings. The Kier molecular flexibility index (Phi) is 3.77. The summed E-state index contributed by atoms with van der Waals surface area (Å²) in [5.74, 6) is -1.10. The number of benzene rings is 1. The Balaban J connectivity index is 2.96. The summed E-state index contributed by atoms with van der Waals surface area (Å²) in [5, 5.41) is 2.97. The van der Waals surface area contributed by atoms with Crippen molar-refractivity contribution in [3.8, 4) is 0 Å². The Labute approximate surface area is 82.4 Å². The van der Waals surface area contributed by atoms with Crippen molar-refractivity contribution < 1.29 is 8.78 Å². The van der Waals surface area contributed by atoms with Gasteiger partial charge in [0.1, 0.15) is 11.6 Å². The summed E-state index contributed by atoms with van der Waals surface area (Å²) in [6, 6.07) is 3.43. The Hall–Kier alpha value is -1.22. The SMILES string of the molecule is C=CCC(NC)c1cc(F)cc(F)c1. The summed E-state index contributed by atoms with van der Waals surface area (Å²) in [4.78, 5) is 0. The second-order valence-electron chi connectivity index (χ2n) is 3.07. The minimum Gasteiger partial charge on any atom is -0.313 e. The van der Waals surface area contributed by atoms with E-state index in [9.17, 15) is 8.78 Å². The minimum absolute atomic E-state index is 0.0855. The molecule has 0 saturated carbocycles. The molecule has 0 fully saturated rings. The van der Waals surface area contributed by atoms with Crippen LogP contribution in [-0.2, 0) is 0 Å². The highest BCUT2D eigenvalue weighted by molar-refractivity contribution is 5.21. The fourth-order valence-corrected chi connectivity index (χ4v) is 1.36. The maximum atomic E-state index is 12.9. The molecule has 0 aliphatic carbocycles. The van der Waals surface area contributed by atoms with Crippen molar-refractivity contribution in [3.05, 3.63) is 48.1 Å². The quantitative estimate of drug-likeness (QED) is 0.732. The first-order chi connectivity index (χ1) is 6.67. The zero-order valence-electron chi connectivity index (χ0n) is 8.06. The highest BCUT2D eigenvalue weighted by Gasteiger charge is 2.09. The fraction of sp³-hybridized carbons (Fsp3) is 0.273. The van der Waals surface area contributed by atoms with E-state index in [2.05, 4.69) is 11.9 Å². The lowest BCUT2D eigenvalue weighted by molar-refractivity contribution is 0.555. The van der Waals surface area contributed by atoms with Crippen LogP contribution in [0.2, 0.25) is 0 Å². The Morgan fingerprint density at radius 1 is 1.36 bits per heavy atom. The highest BCUT2D eigenvalue weighted by Crippen LogP contribution is 2.19. The second-order valence-corrected chi connectivity index (χ2v) is 3.07. The summed E-state index contributed by atoms with van der Waals surface area (Å²) >= 11 is 0. The molecule has 76 valence electrons. The van der Waals surface area contributed by atoms with Crippen LogP contribution in [0, 0.1) is 11.6 Å². The highest BCUT2D eigenvalue weighted by atomic mass is 19.1. The van der Waals surface area contributed by atoms with E-state index < -0.39 is 11.6 Å². The molecule has 0 bridgehead atoms. The predicted octanol–water partition coefficient (Wildman–Crippen LogP) is 2.80. The molecule has 0 heterocycles. The van der Waals surface area contributed by atoms with Gasteiger partial charge in [-0.3, -0.25) is 0 Å². The molecule has 0 aliphatic heterocycles. The zero-order valence-corrected chi connectivity index (χ0v) is 8.06. The lowest BCUT2D eigenvalue weighted by atomic mass is 10.0. The van der Waals surface area contributed by atoms with Crippen molar-refractivity contribution in [1.29, 1.82) is 0 Å². The molecular formula is C11H13F2N. The van der Waals surface area contributed by atoms with Crippen LogP contribution in [0.5, 0.6) is 0 Å². The molecule has 0 aromatic heterocycles. The largest absolute Gasteiger partial charge is 0.313 e. The second kappa shape index (κ2) is 4.86. The van der Waals surface area contributed by atoms with E-state index in [1.165, 1.54) is 12.1 Å². The standard InChI is InChI=1S/C11H13F2N/c1-3-4-11(14-2)8-5-9(12)7-10(13)6-8/h3,5-7,11,14H,1,4H2,2H3. The first-order valence-corrected chi connectivity index (χ1v) is 4.41. The third-order valence-electron chi connectivity index (χ3n) is 2.04. The van der Waals surface area contributed by atoms with E-state index in [0.717, 1.165) is 6.07 Å². The van der Waals surface area contributed by atoms with Crippen molar-refractivity contribution in [1.82, 2.24) is 5.32 Å². The molecule has 0 amide bonds. The van der Waals surface area contributed by atoms with Crippen LogP contribution in [-0.4, -0.2) is 7.05 Å². The molecule has 0 spiro atoms. The van der Waals surface area contributed by atoms with Crippen LogP contribution in [0.3, 0.4) is 0 Å². The van der Waals surface area contributed by atoms with Gasteiger partial charge in [0, 0.05) is 12.1 Å². The van der Waals surface area contributed by atoms with Gasteiger partial charge in [0.15, 0.2) is 0 Å². The molecule has 14 heavy (non-hydrogen) atoms. The van der Waals surface area contributed by atoms with Crippen molar-refractivity contribution in [2.45, 2.75) is 12.5 Å². The van der Waals surface area contributed by atoms with Gasteiger partial charge in [-0.15, -0.1) is 6.58 Å². The molecule has 3 heteroatoms. The van der Waals surface area contributed by atoms with E-state index in [4.69, 9.17) is 0 Å². The van der Waals surface area contributed by atoms with Crippen LogP contribution in [0.25, 0.3) is 0 Å². The normalized spacial score (nSPS) is 12.5.